The van der Waals surface area contributed by atoms with E-state index < -0.39 is 0 Å². The molecule has 1 aliphatic rings. The molecule has 2 heterocycles. The lowest BCUT2D eigenvalue weighted by Gasteiger charge is -2.25. The SMILES string of the molecule is CN(CCC1CNCCO1)c1nnns1. The predicted octanol–water partition coefficient (Wildman–Crippen LogP) is -0.252. The first kappa shape index (κ1) is 10.7. The van der Waals surface area contributed by atoms with Crippen molar-refractivity contribution < 1.29 is 4.74 Å². The zero-order valence-electron chi connectivity index (χ0n) is 8.72. The van der Waals surface area contributed by atoms with E-state index >= 15 is 0 Å². The zero-order chi connectivity index (χ0) is 10.5. The molecule has 0 bridgehead atoms. The molecular weight excluding hydrogens is 214 g/mol. The van der Waals surface area contributed by atoms with Crippen molar-refractivity contribution in [3.8, 4) is 0 Å². The molecule has 1 aliphatic heterocycles. The van der Waals surface area contributed by atoms with Crippen LogP contribution < -0.4 is 10.2 Å². The van der Waals surface area contributed by atoms with E-state index in [1.807, 2.05) is 7.05 Å². The molecule has 1 N–H and O–H groups in total. The molecular formula is C8H15N5OS. The third kappa shape index (κ3) is 3.08. The van der Waals surface area contributed by atoms with Crippen molar-refractivity contribution in [3.05, 3.63) is 0 Å². The summed E-state index contributed by atoms with van der Waals surface area (Å²) in [4.78, 5) is 2.06. The largest absolute Gasteiger partial charge is 0.376 e. The monoisotopic (exact) mass is 229 g/mol. The highest BCUT2D eigenvalue weighted by Crippen LogP contribution is 2.12. The van der Waals surface area contributed by atoms with Crippen molar-refractivity contribution >= 4 is 16.7 Å². The molecule has 6 nitrogen and oxygen atoms in total. The standard InChI is InChI=1S/C8H15N5OS/c1-13(8-10-11-12-15-8)4-2-7-6-9-3-5-14-7/h7,9H,2-6H2,1H3. The van der Waals surface area contributed by atoms with Gasteiger partial charge in [-0.3, -0.25) is 0 Å². The van der Waals surface area contributed by atoms with E-state index in [2.05, 4.69) is 25.0 Å². The summed E-state index contributed by atoms with van der Waals surface area (Å²) in [6, 6.07) is 0. The van der Waals surface area contributed by atoms with Gasteiger partial charge in [-0.25, -0.2) is 0 Å². The first-order valence-corrected chi connectivity index (χ1v) is 5.82. The van der Waals surface area contributed by atoms with Crippen molar-refractivity contribution in [1.29, 1.82) is 0 Å². The number of aromatic nitrogens is 3. The van der Waals surface area contributed by atoms with E-state index in [4.69, 9.17) is 4.74 Å². The summed E-state index contributed by atoms with van der Waals surface area (Å²) < 4.78 is 9.34. The van der Waals surface area contributed by atoms with E-state index in [0.29, 0.717) is 6.10 Å². The van der Waals surface area contributed by atoms with Gasteiger partial charge in [0.25, 0.3) is 0 Å². The molecule has 2 rings (SSSR count). The van der Waals surface area contributed by atoms with Gasteiger partial charge in [-0.2, -0.15) is 0 Å². The highest BCUT2D eigenvalue weighted by Gasteiger charge is 2.14. The van der Waals surface area contributed by atoms with Gasteiger partial charge in [0, 0.05) is 38.2 Å². The maximum atomic E-state index is 5.61. The van der Waals surface area contributed by atoms with Crippen molar-refractivity contribution in [1.82, 2.24) is 20.1 Å². The van der Waals surface area contributed by atoms with Crippen LogP contribution in [0.2, 0.25) is 0 Å². The lowest BCUT2D eigenvalue weighted by Crippen LogP contribution is -2.40. The van der Waals surface area contributed by atoms with Crippen LogP contribution in [-0.2, 0) is 4.74 Å². The molecule has 7 heteroatoms. The third-order valence-corrected chi connectivity index (χ3v) is 3.12. The second kappa shape index (κ2) is 5.34. The van der Waals surface area contributed by atoms with Crippen LogP contribution in [0.5, 0.6) is 0 Å². The summed E-state index contributed by atoms with van der Waals surface area (Å²) in [5.74, 6) is 0. The highest BCUT2D eigenvalue weighted by atomic mass is 32.1. The second-order valence-corrected chi connectivity index (χ2v) is 4.26. The van der Waals surface area contributed by atoms with Crippen molar-refractivity contribution in [2.75, 3.05) is 38.2 Å². The number of ether oxygens (including phenoxy) is 1. The van der Waals surface area contributed by atoms with E-state index in [1.54, 1.807) is 0 Å². The third-order valence-electron chi connectivity index (χ3n) is 2.41. The van der Waals surface area contributed by atoms with Crippen LogP contribution in [0, 0.1) is 0 Å². The first-order chi connectivity index (χ1) is 7.36. The smallest absolute Gasteiger partial charge is 0.227 e. The molecule has 0 saturated carbocycles. The maximum absolute atomic E-state index is 5.61. The van der Waals surface area contributed by atoms with Gasteiger partial charge in [0.1, 0.15) is 0 Å². The van der Waals surface area contributed by atoms with Gasteiger partial charge in [0.15, 0.2) is 0 Å². The summed E-state index contributed by atoms with van der Waals surface area (Å²) in [5, 5.41) is 11.7. The van der Waals surface area contributed by atoms with Crippen LogP contribution >= 0.6 is 11.5 Å². The second-order valence-electron chi connectivity index (χ2n) is 3.55. The Morgan fingerprint density at radius 1 is 1.67 bits per heavy atom. The number of nitrogens with zero attached hydrogens (tertiary/aromatic N) is 4. The molecule has 0 spiro atoms. The van der Waals surface area contributed by atoms with Crippen LogP contribution in [0.15, 0.2) is 0 Å². The highest BCUT2D eigenvalue weighted by molar-refractivity contribution is 7.09. The van der Waals surface area contributed by atoms with Crippen LogP contribution in [-0.4, -0.2) is 54.2 Å². The van der Waals surface area contributed by atoms with E-state index in [-0.39, 0.29) is 0 Å². The van der Waals surface area contributed by atoms with Crippen molar-refractivity contribution in [2.45, 2.75) is 12.5 Å². The molecule has 1 atom stereocenters. The Labute approximate surface area is 92.8 Å². The summed E-state index contributed by atoms with van der Waals surface area (Å²) in [7, 11) is 2.00. The molecule has 1 saturated heterocycles. The molecule has 1 aromatic heterocycles. The molecule has 0 amide bonds. The number of nitrogens with one attached hydrogen (secondary N) is 1. The number of hydrogen-bond donors (Lipinski definition) is 1. The Morgan fingerprint density at radius 3 is 3.27 bits per heavy atom. The van der Waals surface area contributed by atoms with Crippen LogP contribution in [0.3, 0.4) is 0 Å². The topological polar surface area (TPSA) is 63.2 Å². The van der Waals surface area contributed by atoms with Crippen LogP contribution in [0.25, 0.3) is 0 Å². The van der Waals surface area contributed by atoms with E-state index in [0.717, 1.165) is 37.8 Å². The Balaban J connectivity index is 1.73. The minimum atomic E-state index is 0.321. The Bertz CT molecular complexity index is 275. The summed E-state index contributed by atoms with van der Waals surface area (Å²) >= 11 is 1.31. The Morgan fingerprint density at radius 2 is 2.60 bits per heavy atom. The van der Waals surface area contributed by atoms with E-state index in [9.17, 15) is 0 Å². The maximum Gasteiger partial charge on any atom is 0.227 e. The summed E-state index contributed by atoms with van der Waals surface area (Å²) in [5.41, 5.74) is 0. The average molecular weight is 229 g/mol. The predicted molar refractivity (Wildman–Crippen MR) is 58.2 cm³/mol. The number of rotatable bonds is 4. The van der Waals surface area contributed by atoms with Gasteiger partial charge in [-0.05, 0) is 11.6 Å². The molecule has 0 aliphatic carbocycles. The van der Waals surface area contributed by atoms with Gasteiger partial charge >= 0.3 is 0 Å². The number of morpholine rings is 1. The van der Waals surface area contributed by atoms with Gasteiger partial charge in [-0.15, -0.1) is 0 Å². The van der Waals surface area contributed by atoms with Gasteiger partial charge in [0.2, 0.25) is 5.13 Å². The van der Waals surface area contributed by atoms with Gasteiger partial charge in [-0.1, -0.05) is 9.59 Å². The quantitative estimate of drug-likeness (QED) is 0.768. The lowest BCUT2D eigenvalue weighted by molar-refractivity contribution is 0.0250. The number of anilines is 1. The Kier molecular flexibility index (Phi) is 3.81. The minimum absolute atomic E-state index is 0.321. The first-order valence-electron chi connectivity index (χ1n) is 5.05. The van der Waals surface area contributed by atoms with Gasteiger partial charge < -0.3 is 15.0 Å². The molecule has 1 unspecified atom stereocenters. The van der Waals surface area contributed by atoms with Gasteiger partial charge in [0.05, 0.1) is 12.7 Å². The van der Waals surface area contributed by atoms with Crippen molar-refractivity contribution in [2.24, 2.45) is 0 Å². The molecule has 1 aromatic rings. The summed E-state index contributed by atoms with van der Waals surface area (Å²) in [6.45, 7) is 3.65. The molecule has 0 radical (unpaired) electrons. The fourth-order valence-corrected chi connectivity index (χ4v) is 1.96. The lowest BCUT2D eigenvalue weighted by atomic mass is 10.2. The molecule has 1 fully saturated rings. The fraction of sp³-hybridized carbons (Fsp3) is 0.875. The summed E-state index contributed by atoms with van der Waals surface area (Å²) in [6.07, 6.45) is 1.32. The van der Waals surface area contributed by atoms with Crippen LogP contribution in [0.1, 0.15) is 6.42 Å². The Hall–Kier alpha value is -0.790. The normalized spacial score (nSPS) is 21.5. The van der Waals surface area contributed by atoms with Crippen LogP contribution in [0.4, 0.5) is 5.13 Å². The molecule has 15 heavy (non-hydrogen) atoms. The fourth-order valence-electron chi connectivity index (χ4n) is 1.51. The average Bonchev–Trinajstić information content (AvgIpc) is 2.81. The minimum Gasteiger partial charge on any atom is -0.376 e. The molecule has 84 valence electrons. The van der Waals surface area contributed by atoms with Crippen molar-refractivity contribution in [3.63, 3.8) is 0 Å². The zero-order valence-corrected chi connectivity index (χ0v) is 9.53. The molecule has 0 aromatic carbocycles. The van der Waals surface area contributed by atoms with E-state index in [1.165, 1.54) is 11.5 Å². The number of hydrogen-bond acceptors (Lipinski definition) is 7.